The van der Waals surface area contributed by atoms with Gasteiger partial charge in [0.05, 0.1) is 0 Å². The Morgan fingerprint density at radius 2 is 2.18 bits per heavy atom. The van der Waals surface area contributed by atoms with Crippen molar-refractivity contribution in [1.29, 1.82) is 0 Å². The molecule has 1 aliphatic carbocycles. The molecule has 0 radical (unpaired) electrons. The summed E-state index contributed by atoms with van der Waals surface area (Å²) in [6, 6.07) is 0. The average Bonchev–Trinajstić information content (AvgIpc) is 2.97. The van der Waals surface area contributed by atoms with Gasteiger partial charge >= 0.3 is 0 Å². The van der Waals surface area contributed by atoms with Crippen LogP contribution in [-0.4, -0.2) is 63.7 Å². The number of rotatable bonds is 6. The molecular weight excluding hydrogens is 210 g/mol. The highest BCUT2D eigenvalue weighted by atomic mass is 15.1. The van der Waals surface area contributed by atoms with Crippen LogP contribution in [0.4, 0.5) is 0 Å². The van der Waals surface area contributed by atoms with E-state index in [9.17, 15) is 0 Å². The van der Waals surface area contributed by atoms with Crippen molar-refractivity contribution in [2.45, 2.75) is 25.7 Å². The Labute approximate surface area is 107 Å². The van der Waals surface area contributed by atoms with Gasteiger partial charge in [-0.3, -0.25) is 0 Å². The van der Waals surface area contributed by atoms with Gasteiger partial charge in [0, 0.05) is 26.2 Å². The average molecular weight is 239 g/mol. The first kappa shape index (κ1) is 13.3. The van der Waals surface area contributed by atoms with Gasteiger partial charge in [0.1, 0.15) is 0 Å². The smallest absolute Gasteiger partial charge is 0.00472 e. The largest absolute Gasteiger partial charge is 0.319 e. The van der Waals surface area contributed by atoms with Crippen LogP contribution in [-0.2, 0) is 0 Å². The number of nitrogens with one attached hydrogen (secondary N) is 1. The summed E-state index contributed by atoms with van der Waals surface area (Å²) in [5, 5.41) is 3.35. The molecule has 0 amide bonds. The zero-order chi connectivity index (χ0) is 12.3. The zero-order valence-electron chi connectivity index (χ0n) is 11.8. The third kappa shape index (κ3) is 3.94. The van der Waals surface area contributed by atoms with Crippen molar-refractivity contribution in [2.75, 3.05) is 53.9 Å². The van der Waals surface area contributed by atoms with E-state index in [0.29, 0.717) is 5.41 Å². The fourth-order valence-electron chi connectivity index (χ4n) is 3.44. The van der Waals surface area contributed by atoms with Crippen LogP contribution >= 0.6 is 0 Å². The lowest BCUT2D eigenvalue weighted by Crippen LogP contribution is -2.40. The van der Waals surface area contributed by atoms with Crippen molar-refractivity contribution < 1.29 is 0 Å². The minimum absolute atomic E-state index is 0.615. The molecule has 1 N–H and O–H groups in total. The molecule has 100 valence electrons. The number of nitrogens with zero attached hydrogens (tertiary/aromatic N) is 2. The molecular formula is C14H29N3. The van der Waals surface area contributed by atoms with Gasteiger partial charge in [-0.15, -0.1) is 0 Å². The molecule has 0 aromatic heterocycles. The maximum Gasteiger partial charge on any atom is 0.00472 e. The summed E-state index contributed by atoms with van der Waals surface area (Å²) in [4.78, 5) is 5.07. The molecule has 17 heavy (non-hydrogen) atoms. The fraction of sp³-hybridized carbons (Fsp3) is 1.00. The number of hydrogen-bond acceptors (Lipinski definition) is 3. The van der Waals surface area contributed by atoms with Gasteiger partial charge in [0.15, 0.2) is 0 Å². The molecule has 3 nitrogen and oxygen atoms in total. The summed E-state index contributed by atoms with van der Waals surface area (Å²) in [7, 11) is 6.65. The lowest BCUT2D eigenvalue weighted by atomic mass is 9.97. The number of hydrogen-bond donors (Lipinski definition) is 1. The molecule has 2 fully saturated rings. The molecule has 0 spiro atoms. The van der Waals surface area contributed by atoms with Crippen LogP contribution in [0.1, 0.15) is 25.7 Å². The molecule has 1 aliphatic heterocycles. The van der Waals surface area contributed by atoms with Crippen LogP contribution in [0.3, 0.4) is 0 Å². The van der Waals surface area contributed by atoms with E-state index in [1.54, 1.807) is 0 Å². The van der Waals surface area contributed by atoms with Crippen LogP contribution in [0.25, 0.3) is 0 Å². The molecule has 1 saturated carbocycles. The molecule has 0 aromatic rings. The second-order valence-electron chi connectivity index (χ2n) is 6.50. The van der Waals surface area contributed by atoms with E-state index in [-0.39, 0.29) is 0 Å². The van der Waals surface area contributed by atoms with Crippen molar-refractivity contribution in [1.82, 2.24) is 15.1 Å². The van der Waals surface area contributed by atoms with Gasteiger partial charge in [-0.25, -0.2) is 0 Å². The van der Waals surface area contributed by atoms with Crippen molar-refractivity contribution in [3.05, 3.63) is 0 Å². The first-order chi connectivity index (χ1) is 8.13. The predicted molar refractivity (Wildman–Crippen MR) is 73.3 cm³/mol. The lowest BCUT2D eigenvalue weighted by molar-refractivity contribution is 0.153. The van der Waals surface area contributed by atoms with E-state index in [2.05, 4.69) is 36.3 Å². The van der Waals surface area contributed by atoms with E-state index in [0.717, 1.165) is 5.92 Å². The molecule has 3 heteroatoms. The second kappa shape index (κ2) is 5.68. The molecule has 1 unspecified atom stereocenters. The van der Waals surface area contributed by atoms with Gasteiger partial charge in [-0.2, -0.15) is 0 Å². The molecule has 1 heterocycles. The number of likely N-dealkylation sites (tertiary alicyclic amines) is 1. The standard InChI is InChI=1S/C14H29N3/c1-15-11-14(6-7-14)12-17(3)10-13-5-4-8-16(2)9-13/h13,15H,4-12H2,1-3H3. The first-order valence-corrected chi connectivity index (χ1v) is 7.15. The summed E-state index contributed by atoms with van der Waals surface area (Å²) < 4.78 is 0. The zero-order valence-corrected chi connectivity index (χ0v) is 11.8. The minimum atomic E-state index is 0.615. The summed E-state index contributed by atoms with van der Waals surface area (Å²) in [6.07, 6.45) is 5.65. The number of piperidine rings is 1. The van der Waals surface area contributed by atoms with Crippen LogP contribution in [0.2, 0.25) is 0 Å². The van der Waals surface area contributed by atoms with E-state index >= 15 is 0 Å². The summed E-state index contributed by atoms with van der Waals surface area (Å²) in [6.45, 7) is 6.36. The van der Waals surface area contributed by atoms with Crippen LogP contribution in [0.15, 0.2) is 0 Å². The minimum Gasteiger partial charge on any atom is -0.319 e. The Kier molecular flexibility index (Phi) is 4.45. The molecule has 2 rings (SSSR count). The van der Waals surface area contributed by atoms with Gasteiger partial charge in [-0.1, -0.05) is 0 Å². The Balaban J connectivity index is 1.71. The normalized spacial score (nSPS) is 28.6. The Morgan fingerprint density at radius 3 is 2.76 bits per heavy atom. The van der Waals surface area contributed by atoms with Crippen molar-refractivity contribution in [3.63, 3.8) is 0 Å². The van der Waals surface area contributed by atoms with Gasteiger partial charge in [-0.05, 0) is 64.7 Å². The monoisotopic (exact) mass is 239 g/mol. The fourth-order valence-corrected chi connectivity index (χ4v) is 3.44. The highest BCUT2D eigenvalue weighted by molar-refractivity contribution is 4.96. The molecule has 0 bridgehead atoms. The van der Waals surface area contributed by atoms with Gasteiger partial charge in [0.25, 0.3) is 0 Å². The quantitative estimate of drug-likeness (QED) is 0.753. The Bertz CT molecular complexity index is 238. The maximum atomic E-state index is 3.35. The summed E-state index contributed by atoms with van der Waals surface area (Å²) in [5.74, 6) is 0.893. The predicted octanol–water partition coefficient (Wildman–Crippen LogP) is 1.26. The Morgan fingerprint density at radius 1 is 1.41 bits per heavy atom. The van der Waals surface area contributed by atoms with Crippen molar-refractivity contribution >= 4 is 0 Å². The van der Waals surface area contributed by atoms with Crippen LogP contribution in [0.5, 0.6) is 0 Å². The SMILES string of the molecule is CNCC1(CN(C)CC2CCCN(C)C2)CC1. The van der Waals surface area contributed by atoms with E-state index in [1.807, 2.05) is 0 Å². The summed E-state index contributed by atoms with van der Waals surface area (Å²) >= 11 is 0. The van der Waals surface area contributed by atoms with E-state index in [1.165, 1.54) is 58.4 Å². The molecule has 0 aromatic carbocycles. The third-order valence-corrected chi connectivity index (χ3v) is 4.41. The van der Waals surface area contributed by atoms with Crippen LogP contribution < -0.4 is 5.32 Å². The first-order valence-electron chi connectivity index (χ1n) is 7.15. The van der Waals surface area contributed by atoms with E-state index in [4.69, 9.17) is 0 Å². The Hall–Kier alpha value is -0.120. The van der Waals surface area contributed by atoms with Crippen molar-refractivity contribution in [3.8, 4) is 0 Å². The molecule has 2 aliphatic rings. The topological polar surface area (TPSA) is 18.5 Å². The van der Waals surface area contributed by atoms with E-state index < -0.39 is 0 Å². The van der Waals surface area contributed by atoms with Crippen molar-refractivity contribution in [2.24, 2.45) is 11.3 Å². The van der Waals surface area contributed by atoms with Gasteiger partial charge in [0.2, 0.25) is 0 Å². The molecule has 1 atom stereocenters. The molecule has 1 saturated heterocycles. The third-order valence-electron chi connectivity index (χ3n) is 4.41. The van der Waals surface area contributed by atoms with Crippen LogP contribution in [0, 0.1) is 11.3 Å². The maximum absolute atomic E-state index is 3.35. The summed E-state index contributed by atoms with van der Waals surface area (Å²) in [5.41, 5.74) is 0.615. The second-order valence-corrected chi connectivity index (χ2v) is 6.50. The highest BCUT2D eigenvalue weighted by Crippen LogP contribution is 2.45. The highest BCUT2D eigenvalue weighted by Gasteiger charge is 2.42. The lowest BCUT2D eigenvalue weighted by Gasteiger charge is -2.33. The van der Waals surface area contributed by atoms with Gasteiger partial charge < -0.3 is 15.1 Å².